The Kier molecular flexibility index (Phi) is 6.06. The standard InChI is InChI=1S/C31H27F3N2O4/c1-7-20-15(2)12-16(3)25(17(20)4)36-28(39)22-11-9-19(14-24(22)29(36)40)30(5,31(32,33)34)18-8-10-21-23(13-18)27(38)35(6)26(21)37/h8-14H,7H2,1-6H3/t30-/m1/s1. The average Bonchev–Trinajstić information content (AvgIpc) is 3.27. The van der Waals surface area contributed by atoms with Crippen molar-refractivity contribution in [1.29, 1.82) is 0 Å². The summed E-state index contributed by atoms with van der Waals surface area (Å²) < 4.78 is 44.5. The molecule has 0 saturated carbocycles. The van der Waals surface area contributed by atoms with Gasteiger partial charge in [0, 0.05) is 7.05 Å². The number of imide groups is 2. The first kappa shape index (κ1) is 27.3. The van der Waals surface area contributed by atoms with E-state index in [4.69, 9.17) is 0 Å². The summed E-state index contributed by atoms with van der Waals surface area (Å²) in [5.74, 6) is -2.57. The molecule has 2 aliphatic rings. The van der Waals surface area contributed by atoms with E-state index in [-0.39, 0.29) is 33.4 Å². The summed E-state index contributed by atoms with van der Waals surface area (Å²) in [5.41, 5.74) is 0.594. The summed E-state index contributed by atoms with van der Waals surface area (Å²) in [6.45, 7) is 8.52. The maximum absolute atomic E-state index is 14.8. The summed E-state index contributed by atoms with van der Waals surface area (Å²) in [5, 5.41) is 0. The van der Waals surface area contributed by atoms with Gasteiger partial charge in [0.1, 0.15) is 5.41 Å². The van der Waals surface area contributed by atoms with Gasteiger partial charge in [0.2, 0.25) is 0 Å². The van der Waals surface area contributed by atoms with E-state index in [0.717, 1.165) is 45.5 Å². The van der Waals surface area contributed by atoms with Crippen molar-refractivity contribution in [3.63, 3.8) is 0 Å². The Morgan fingerprint density at radius 3 is 1.70 bits per heavy atom. The highest BCUT2D eigenvalue weighted by Gasteiger charge is 2.55. The molecule has 206 valence electrons. The molecular formula is C31H27F3N2O4. The van der Waals surface area contributed by atoms with Crippen molar-refractivity contribution in [3.8, 4) is 0 Å². The van der Waals surface area contributed by atoms with E-state index in [1.807, 2.05) is 26.8 Å². The SMILES string of the molecule is CCc1c(C)cc(C)c(N2C(=O)c3ccc([C@@](C)(c4ccc5c(c4)C(=O)N(C)C5=O)C(F)(F)F)cc3C2=O)c1C. The number of anilines is 1. The molecule has 0 N–H and O–H groups in total. The third kappa shape index (κ3) is 3.56. The predicted molar refractivity (Wildman–Crippen MR) is 143 cm³/mol. The van der Waals surface area contributed by atoms with Gasteiger partial charge in [0.25, 0.3) is 23.6 Å². The predicted octanol–water partition coefficient (Wildman–Crippen LogP) is 6.07. The monoisotopic (exact) mass is 548 g/mol. The number of halogens is 3. The maximum Gasteiger partial charge on any atom is 0.402 e. The molecule has 1 atom stereocenters. The molecule has 3 aromatic carbocycles. The summed E-state index contributed by atoms with van der Waals surface area (Å²) in [7, 11) is 1.27. The zero-order chi connectivity index (χ0) is 29.5. The molecule has 0 saturated heterocycles. The van der Waals surface area contributed by atoms with Gasteiger partial charge in [-0.3, -0.25) is 24.1 Å². The number of carbonyl (C=O) groups is 4. The van der Waals surface area contributed by atoms with Gasteiger partial charge in [-0.2, -0.15) is 13.2 Å². The van der Waals surface area contributed by atoms with Crippen molar-refractivity contribution in [3.05, 3.63) is 98.1 Å². The van der Waals surface area contributed by atoms with Crippen LogP contribution in [0, 0.1) is 20.8 Å². The highest BCUT2D eigenvalue weighted by Crippen LogP contribution is 2.48. The first-order valence-corrected chi connectivity index (χ1v) is 12.8. The minimum Gasteiger partial charge on any atom is -0.277 e. The highest BCUT2D eigenvalue weighted by atomic mass is 19.4. The molecule has 4 amide bonds. The number of carbonyl (C=O) groups excluding carboxylic acids is 4. The smallest absolute Gasteiger partial charge is 0.277 e. The van der Waals surface area contributed by atoms with Crippen LogP contribution in [0.15, 0.2) is 42.5 Å². The maximum atomic E-state index is 14.8. The number of aryl methyl sites for hydroxylation is 2. The zero-order valence-electron chi connectivity index (χ0n) is 22.9. The van der Waals surface area contributed by atoms with Crippen molar-refractivity contribution in [1.82, 2.24) is 4.90 Å². The lowest BCUT2D eigenvalue weighted by Gasteiger charge is -2.33. The number of rotatable bonds is 4. The van der Waals surface area contributed by atoms with Gasteiger partial charge in [0.05, 0.1) is 27.9 Å². The molecular weight excluding hydrogens is 521 g/mol. The molecule has 5 rings (SSSR count). The van der Waals surface area contributed by atoms with Gasteiger partial charge < -0.3 is 0 Å². The lowest BCUT2D eigenvalue weighted by Crippen LogP contribution is -2.41. The molecule has 0 aliphatic carbocycles. The first-order chi connectivity index (χ1) is 18.6. The van der Waals surface area contributed by atoms with E-state index < -0.39 is 35.2 Å². The number of fused-ring (bicyclic) bond motifs is 2. The number of alkyl halides is 3. The Bertz CT molecular complexity index is 1670. The van der Waals surface area contributed by atoms with E-state index in [0.29, 0.717) is 17.7 Å². The Morgan fingerprint density at radius 1 is 0.700 bits per heavy atom. The lowest BCUT2D eigenvalue weighted by molar-refractivity contribution is -0.173. The quantitative estimate of drug-likeness (QED) is 0.371. The van der Waals surface area contributed by atoms with Gasteiger partial charge in [-0.1, -0.05) is 25.1 Å². The Labute approximate surface area is 229 Å². The van der Waals surface area contributed by atoms with Gasteiger partial charge in [-0.25, -0.2) is 4.90 Å². The highest BCUT2D eigenvalue weighted by molar-refractivity contribution is 6.35. The van der Waals surface area contributed by atoms with Crippen LogP contribution in [-0.2, 0) is 11.8 Å². The van der Waals surface area contributed by atoms with Gasteiger partial charge in [-0.05, 0) is 91.8 Å². The number of nitrogens with zero attached hydrogens (tertiary/aromatic N) is 2. The van der Waals surface area contributed by atoms with Crippen molar-refractivity contribution in [2.45, 2.75) is 52.6 Å². The van der Waals surface area contributed by atoms with Gasteiger partial charge in [-0.15, -0.1) is 0 Å². The summed E-state index contributed by atoms with van der Waals surface area (Å²) in [6.07, 6.45) is -4.16. The Morgan fingerprint density at radius 2 is 1.18 bits per heavy atom. The molecule has 0 bridgehead atoms. The molecule has 0 spiro atoms. The van der Waals surface area contributed by atoms with Crippen LogP contribution in [0.25, 0.3) is 0 Å². The van der Waals surface area contributed by atoms with E-state index in [2.05, 4.69) is 0 Å². The van der Waals surface area contributed by atoms with Crippen LogP contribution in [0.4, 0.5) is 18.9 Å². The Hall–Kier alpha value is -4.27. The largest absolute Gasteiger partial charge is 0.402 e. The van der Waals surface area contributed by atoms with E-state index >= 15 is 0 Å². The van der Waals surface area contributed by atoms with Crippen LogP contribution in [-0.4, -0.2) is 41.8 Å². The molecule has 0 aromatic heterocycles. The molecule has 40 heavy (non-hydrogen) atoms. The second-order valence-electron chi connectivity index (χ2n) is 10.6. The second kappa shape index (κ2) is 8.87. The second-order valence-corrected chi connectivity index (χ2v) is 10.6. The summed E-state index contributed by atoms with van der Waals surface area (Å²) in [6, 6.07) is 8.95. The average molecular weight is 549 g/mol. The van der Waals surface area contributed by atoms with Crippen LogP contribution >= 0.6 is 0 Å². The van der Waals surface area contributed by atoms with Crippen LogP contribution in [0.5, 0.6) is 0 Å². The fourth-order valence-electron chi connectivity index (χ4n) is 6.02. The molecule has 3 aromatic rings. The zero-order valence-corrected chi connectivity index (χ0v) is 22.9. The molecule has 9 heteroatoms. The topological polar surface area (TPSA) is 74.8 Å². The number of benzene rings is 3. The molecule has 0 radical (unpaired) electrons. The van der Waals surface area contributed by atoms with Crippen molar-refractivity contribution in [2.24, 2.45) is 0 Å². The minimum atomic E-state index is -4.85. The first-order valence-electron chi connectivity index (χ1n) is 12.8. The van der Waals surface area contributed by atoms with E-state index in [1.54, 1.807) is 6.92 Å². The molecule has 2 aliphatic heterocycles. The molecule has 6 nitrogen and oxygen atoms in total. The van der Waals surface area contributed by atoms with E-state index in [9.17, 15) is 32.3 Å². The minimum absolute atomic E-state index is 0.0204. The van der Waals surface area contributed by atoms with Crippen LogP contribution in [0.1, 0.15) is 88.7 Å². The molecule has 0 fully saturated rings. The molecule has 2 heterocycles. The number of hydrogen-bond donors (Lipinski definition) is 0. The third-order valence-corrected chi connectivity index (χ3v) is 8.37. The van der Waals surface area contributed by atoms with Crippen molar-refractivity contribution < 1.29 is 32.3 Å². The van der Waals surface area contributed by atoms with Gasteiger partial charge >= 0.3 is 6.18 Å². The van der Waals surface area contributed by atoms with Gasteiger partial charge in [0.15, 0.2) is 0 Å². The van der Waals surface area contributed by atoms with Crippen LogP contribution in [0.3, 0.4) is 0 Å². The Balaban J connectivity index is 1.65. The van der Waals surface area contributed by atoms with Crippen LogP contribution in [0.2, 0.25) is 0 Å². The van der Waals surface area contributed by atoms with Crippen molar-refractivity contribution >= 4 is 29.3 Å². The lowest BCUT2D eigenvalue weighted by atomic mass is 9.74. The van der Waals surface area contributed by atoms with Crippen LogP contribution < -0.4 is 4.90 Å². The van der Waals surface area contributed by atoms with Crippen molar-refractivity contribution in [2.75, 3.05) is 11.9 Å². The van der Waals surface area contributed by atoms with E-state index in [1.165, 1.54) is 31.3 Å². The number of amides is 4. The molecule has 0 unspecified atom stereocenters. The fourth-order valence-corrected chi connectivity index (χ4v) is 6.02. The number of hydrogen-bond acceptors (Lipinski definition) is 4. The third-order valence-electron chi connectivity index (χ3n) is 8.37. The fraction of sp³-hybridized carbons (Fsp3) is 0.290. The normalized spacial score (nSPS) is 16.5. The summed E-state index contributed by atoms with van der Waals surface area (Å²) >= 11 is 0. The summed E-state index contributed by atoms with van der Waals surface area (Å²) in [4.78, 5) is 53.9.